The Morgan fingerprint density at radius 1 is 1.05 bits per heavy atom. The van der Waals surface area contributed by atoms with Gasteiger partial charge in [-0.25, -0.2) is 14.8 Å². The number of carboxylic acids is 1. The molecule has 1 aliphatic carbocycles. The molecule has 2 aliphatic rings. The summed E-state index contributed by atoms with van der Waals surface area (Å²) in [5.41, 5.74) is 2.07. The molecule has 0 radical (unpaired) electrons. The summed E-state index contributed by atoms with van der Waals surface area (Å²) in [7, 11) is 3.75. The van der Waals surface area contributed by atoms with Gasteiger partial charge in [0.15, 0.2) is 0 Å². The highest BCUT2D eigenvalue weighted by atomic mass is 16.4. The van der Waals surface area contributed by atoms with E-state index in [1.807, 2.05) is 30.9 Å². The molecule has 10 heteroatoms. The molecule has 0 atom stereocenters. The first-order valence-corrected chi connectivity index (χ1v) is 14.4. The molecule has 0 bridgehead atoms. The molecule has 0 amide bonds. The minimum atomic E-state index is -0.928. The van der Waals surface area contributed by atoms with Crippen LogP contribution in [-0.2, 0) is 0 Å². The number of nitrogens with zero attached hydrogens (tertiary/aromatic N) is 6. The molecule has 3 aromatic heterocycles. The summed E-state index contributed by atoms with van der Waals surface area (Å²) < 4.78 is 1.89. The molecule has 0 unspecified atom stereocenters. The maximum Gasteiger partial charge on any atom is 0.352 e. The van der Waals surface area contributed by atoms with Crippen molar-refractivity contribution < 1.29 is 9.90 Å². The number of fused-ring (bicyclic) bond motifs is 1. The Balaban J connectivity index is 0.00000112. The van der Waals surface area contributed by atoms with E-state index in [1.165, 1.54) is 19.4 Å². The topological polar surface area (TPSA) is 111 Å². The van der Waals surface area contributed by atoms with Crippen LogP contribution < -0.4 is 15.5 Å². The van der Waals surface area contributed by atoms with Crippen molar-refractivity contribution in [3.63, 3.8) is 0 Å². The summed E-state index contributed by atoms with van der Waals surface area (Å²) in [6.07, 6.45) is 10.3. The molecular weight excluding hydrogens is 492 g/mol. The molecule has 0 aromatic carbocycles. The first-order chi connectivity index (χ1) is 19.0. The number of anilines is 3. The van der Waals surface area contributed by atoms with Crippen molar-refractivity contribution in [3.05, 3.63) is 36.3 Å². The maximum atomic E-state index is 11.9. The summed E-state index contributed by atoms with van der Waals surface area (Å²) >= 11 is 0. The minimum absolute atomic E-state index is 0.170. The fourth-order valence-electron chi connectivity index (χ4n) is 5.63. The molecule has 4 heterocycles. The van der Waals surface area contributed by atoms with E-state index in [1.54, 1.807) is 12.3 Å². The third-order valence-electron chi connectivity index (χ3n) is 7.88. The van der Waals surface area contributed by atoms with Gasteiger partial charge in [-0.1, -0.05) is 39.5 Å². The van der Waals surface area contributed by atoms with Gasteiger partial charge < -0.3 is 25.2 Å². The van der Waals surface area contributed by atoms with Gasteiger partial charge in [-0.2, -0.15) is 4.98 Å². The highest BCUT2D eigenvalue weighted by molar-refractivity contribution is 5.93. The lowest BCUT2D eigenvalue weighted by atomic mass is 10.0. The van der Waals surface area contributed by atoms with Crippen LogP contribution in [0.25, 0.3) is 11.0 Å². The molecule has 1 aliphatic heterocycles. The predicted molar refractivity (Wildman–Crippen MR) is 157 cm³/mol. The van der Waals surface area contributed by atoms with Crippen LogP contribution in [0.2, 0.25) is 0 Å². The average molecular weight is 537 g/mol. The molecule has 1 saturated heterocycles. The third kappa shape index (κ3) is 7.05. The van der Waals surface area contributed by atoms with Crippen LogP contribution in [0.5, 0.6) is 0 Å². The largest absolute Gasteiger partial charge is 0.477 e. The monoisotopic (exact) mass is 536 g/mol. The zero-order valence-electron chi connectivity index (χ0n) is 23.9. The molecule has 212 valence electrons. The number of nitrogens with one attached hydrogen (secondary N) is 2. The molecule has 3 aromatic rings. The molecule has 39 heavy (non-hydrogen) atoms. The third-order valence-corrected chi connectivity index (χ3v) is 7.88. The molecule has 2 fully saturated rings. The number of pyridine rings is 1. The highest BCUT2D eigenvalue weighted by Crippen LogP contribution is 2.34. The maximum absolute atomic E-state index is 11.9. The number of piperazine rings is 1. The second-order valence-electron chi connectivity index (χ2n) is 10.6. The van der Waals surface area contributed by atoms with Crippen LogP contribution in [0, 0.1) is 5.92 Å². The fraction of sp³-hybridized carbons (Fsp3) is 0.586. The van der Waals surface area contributed by atoms with E-state index in [2.05, 4.69) is 50.3 Å². The van der Waals surface area contributed by atoms with Gasteiger partial charge >= 0.3 is 5.97 Å². The van der Waals surface area contributed by atoms with Crippen molar-refractivity contribution in [1.29, 1.82) is 0 Å². The summed E-state index contributed by atoms with van der Waals surface area (Å²) in [6.45, 7) is 9.97. The first kappa shape index (κ1) is 28.8. The molecule has 10 nitrogen and oxygen atoms in total. The van der Waals surface area contributed by atoms with Gasteiger partial charge in [0.2, 0.25) is 5.95 Å². The second kappa shape index (κ2) is 13.7. The van der Waals surface area contributed by atoms with Gasteiger partial charge in [-0.05, 0) is 51.1 Å². The van der Waals surface area contributed by atoms with Crippen molar-refractivity contribution in [2.24, 2.45) is 5.92 Å². The lowest BCUT2D eigenvalue weighted by Gasteiger charge is -2.37. The Kier molecular flexibility index (Phi) is 10.1. The average Bonchev–Trinajstić information content (AvgIpc) is 3.61. The zero-order chi connectivity index (χ0) is 27.8. The van der Waals surface area contributed by atoms with Crippen LogP contribution in [0.4, 0.5) is 17.5 Å². The number of rotatable bonds is 9. The Bertz CT molecular complexity index is 1190. The molecule has 0 spiro atoms. The summed E-state index contributed by atoms with van der Waals surface area (Å²) in [4.78, 5) is 30.6. The van der Waals surface area contributed by atoms with Gasteiger partial charge in [0, 0.05) is 50.3 Å². The standard InChI is InChI=1S/C27H37N7O2.C2H7N/c1-3-19(4-2)18-32-11-13-33(14-12-32)22-9-10-24(28-17-22)30-27-29-16-20-15-23(26(35)36)34(25(20)31-27)21-7-5-6-8-21;1-3-2/h9-10,15-17,19,21H,3-8,11-14,18H2,1-2H3,(H,35,36)(H,28,29,30,31);3H,1-2H3. The Labute approximate surface area is 231 Å². The van der Waals surface area contributed by atoms with Crippen LogP contribution >= 0.6 is 0 Å². The minimum Gasteiger partial charge on any atom is -0.477 e. The van der Waals surface area contributed by atoms with Crippen LogP contribution in [0.3, 0.4) is 0 Å². The number of hydrogen-bond acceptors (Lipinski definition) is 8. The zero-order valence-corrected chi connectivity index (χ0v) is 23.9. The SMILES string of the molecule is CCC(CC)CN1CCN(c2ccc(Nc3ncc4cc(C(=O)O)n(C5CCCC5)c4n3)nc2)CC1.CNC. The number of carboxylic acid groups (broad SMARTS) is 1. The quantitative estimate of drug-likeness (QED) is 0.356. The summed E-state index contributed by atoms with van der Waals surface area (Å²) in [5.74, 6) is 0.958. The van der Waals surface area contributed by atoms with Gasteiger partial charge in [0.05, 0.1) is 11.9 Å². The van der Waals surface area contributed by atoms with Crippen molar-refractivity contribution in [1.82, 2.24) is 29.7 Å². The molecule has 3 N–H and O–H groups in total. The van der Waals surface area contributed by atoms with Crippen molar-refractivity contribution in [2.45, 2.75) is 58.4 Å². The molecular formula is C29H44N8O2. The lowest BCUT2D eigenvalue weighted by molar-refractivity contribution is 0.0683. The first-order valence-electron chi connectivity index (χ1n) is 14.4. The number of hydrogen-bond donors (Lipinski definition) is 3. The number of aromatic nitrogens is 4. The Hall–Kier alpha value is -3.24. The van der Waals surface area contributed by atoms with Gasteiger partial charge in [0.25, 0.3) is 0 Å². The number of carbonyl (C=O) groups is 1. The lowest BCUT2D eigenvalue weighted by Crippen LogP contribution is -2.47. The van der Waals surface area contributed by atoms with E-state index in [0.717, 1.165) is 68.9 Å². The van der Waals surface area contributed by atoms with E-state index in [4.69, 9.17) is 4.98 Å². The van der Waals surface area contributed by atoms with E-state index in [9.17, 15) is 9.90 Å². The van der Waals surface area contributed by atoms with E-state index in [0.29, 0.717) is 17.4 Å². The van der Waals surface area contributed by atoms with Gasteiger partial charge in [-0.3, -0.25) is 4.90 Å². The summed E-state index contributed by atoms with van der Waals surface area (Å²) in [5, 5.41) is 16.4. The molecule has 1 saturated carbocycles. The van der Waals surface area contributed by atoms with E-state index >= 15 is 0 Å². The van der Waals surface area contributed by atoms with Crippen LogP contribution in [-0.4, -0.2) is 82.3 Å². The van der Waals surface area contributed by atoms with Crippen molar-refractivity contribution in [3.8, 4) is 0 Å². The van der Waals surface area contributed by atoms with E-state index in [-0.39, 0.29) is 11.7 Å². The van der Waals surface area contributed by atoms with Gasteiger partial charge in [0.1, 0.15) is 17.2 Å². The van der Waals surface area contributed by atoms with E-state index < -0.39 is 5.97 Å². The fourth-order valence-corrected chi connectivity index (χ4v) is 5.63. The van der Waals surface area contributed by atoms with Gasteiger partial charge in [-0.15, -0.1) is 0 Å². The summed E-state index contributed by atoms with van der Waals surface area (Å²) in [6, 6.07) is 5.90. The van der Waals surface area contributed by atoms with Crippen molar-refractivity contribution >= 4 is 34.5 Å². The van der Waals surface area contributed by atoms with Crippen LogP contribution in [0.15, 0.2) is 30.6 Å². The Morgan fingerprint density at radius 2 is 1.74 bits per heavy atom. The predicted octanol–water partition coefficient (Wildman–Crippen LogP) is 4.78. The second-order valence-corrected chi connectivity index (χ2v) is 10.6. The highest BCUT2D eigenvalue weighted by Gasteiger charge is 2.25. The van der Waals surface area contributed by atoms with Crippen molar-refractivity contribution in [2.75, 3.05) is 57.0 Å². The normalized spacial score (nSPS) is 16.5. The molecule has 5 rings (SSSR count). The Morgan fingerprint density at radius 3 is 2.33 bits per heavy atom. The number of aromatic carboxylic acids is 1. The smallest absolute Gasteiger partial charge is 0.352 e. The van der Waals surface area contributed by atoms with Crippen LogP contribution in [0.1, 0.15) is 68.9 Å².